The quantitative estimate of drug-likeness (QED) is 0.794. The molecule has 1 saturated heterocycles. The maximum Gasteiger partial charge on any atom is 0.237 e. The van der Waals surface area contributed by atoms with Gasteiger partial charge in [-0.25, -0.2) is 0 Å². The van der Waals surface area contributed by atoms with Crippen LogP contribution in [0.15, 0.2) is 23.6 Å². The number of thiophene rings is 1. The summed E-state index contributed by atoms with van der Waals surface area (Å²) in [7, 11) is 0. The van der Waals surface area contributed by atoms with E-state index >= 15 is 0 Å². The first-order chi connectivity index (χ1) is 12.9. The van der Waals surface area contributed by atoms with Crippen LogP contribution < -0.4 is 5.32 Å². The van der Waals surface area contributed by atoms with Crippen LogP contribution in [0, 0.1) is 18.3 Å². The lowest BCUT2D eigenvalue weighted by Gasteiger charge is -2.28. The van der Waals surface area contributed by atoms with Crippen LogP contribution in [-0.4, -0.2) is 45.3 Å². The molecule has 1 unspecified atom stereocenters. The van der Waals surface area contributed by atoms with Gasteiger partial charge in [-0.05, 0) is 57.5 Å². The average Bonchev–Trinajstić information content (AvgIpc) is 3.38. The Morgan fingerprint density at radius 1 is 1.52 bits per heavy atom. The highest BCUT2D eigenvalue weighted by atomic mass is 32.1. The molecule has 1 aliphatic heterocycles. The van der Waals surface area contributed by atoms with Crippen molar-refractivity contribution in [2.45, 2.75) is 58.2 Å². The van der Waals surface area contributed by atoms with E-state index in [4.69, 9.17) is 10.4 Å². The zero-order chi connectivity index (χ0) is 19.4. The van der Waals surface area contributed by atoms with E-state index in [1.165, 1.54) is 4.88 Å². The zero-order valence-electron chi connectivity index (χ0n) is 16.2. The standard InChI is InChI=1S/C20H27N5OS/c1-15-12-17(18-7-5-11-27-18)23-25(15)10-8-20(2,3)22-14-19(26)24-9-4-6-16(24)13-21/h5,7,11-12,16,22H,4,6,8-10,14H2,1-3H3. The van der Waals surface area contributed by atoms with Gasteiger partial charge in [0.05, 0.1) is 17.5 Å². The summed E-state index contributed by atoms with van der Waals surface area (Å²) in [5.74, 6) is 0.0161. The highest BCUT2D eigenvalue weighted by Crippen LogP contribution is 2.24. The molecule has 3 rings (SSSR count). The number of likely N-dealkylation sites (tertiary alicyclic amines) is 1. The first kappa shape index (κ1) is 19.6. The van der Waals surface area contributed by atoms with E-state index < -0.39 is 0 Å². The van der Waals surface area contributed by atoms with Crippen molar-refractivity contribution in [3.63, 3.8) is 0 Å². The summed E-state index contributed by atoms with van der Waals surface area (Å²) >= 11 is 1.69. The third kappa shape index (κ3) is 4.76. The molecule has 1 atom stereocenters. The second-order valence-electron chi connectivity index (χ2n) is 7.73. The molecule has 0 saturated carbocycles. The van der Waals surface area contributed by atoms with Gasteiger partial charge in [-0.15, -0.1) is 11.3 Å². The molecular weight excluding hydrogens is 358 g/mol. The van der Waals surface area contributed by atoms with Gasteiger partial charge in [0.15, 0.2) is 0 Å². The highest BCUT2D eigenvalue weighted by Gasteiger charge is 2.29. The van der Waals surface area contributed by atoms with E-state index in [-0.39, 0.29) is 24.0 Å². The van der Waals surface area contributed by atoms with Gasteiger partial charge in [-0.2, -0.15) is 10.4 Å². The van der Waals surface area contributed by atoms with E-state index in [1.807, 2.05) is 10.7 Å². The molecule has 1 N–H and O–H groups in total. The number of amides is 1. The van der Waals surface area contributed by atoms with Crippen molar-refractivity contribution in [1.29, 1.82) is 5.26 Å². The SMILES string of the molecule is Cc1cc(-c2cccs2)nn1CCC(C)(C)NCC(=O)N1CCCC1C#N. The van der Waals surface area contributed by atoms with Crippen LogP contribution in [0.1, 0.15) is 38.8 Å². The predicted molar refractivity (Wildman–Crippen MR) is 107 cm³/mol. The van der Waals surface area contributed by atoms with Crippen molar-refractivity contribution < 1.29 is 4.79 Å². The number of hydrogen-bond donors (Lipinski definition) is 1. The van der Waals surface area contributed by atoms with Gasteiger partial charge in [0.2, 0.25) is 5.91 Å². The number of carbonyl (C=O) groups excluding carboxylic acids is 1. The maximum atomic E-state index is 12.4. The van der Waals surface area contributed by atoms with Crippen LogP contribution in [0.4, 0.5) is 0 Å². The fraction of sp³-hybridized carbons (Fsp3) is 0.550. The summed E-state index contributed by atoms with van der Waals surface area (Å²) in [6, 6.07) is 8.20. The van der Waals surface area contributed by atoms with Crippen LogP contribution >= 0.6 is 11.3 Å². The zero-order valence-corrected chi connectivity index (χ0v) is 17.1. The number of nitrogens with zero attached hydrogens (tertiary/aromatic N) is 4. The molecule has 2 aromatic rings. The Morgan fingerprint density at radius 3 is 3.04 bits per heavy atom. The number of rotatable bonds is 7. The number of hydrogen-bond acceptors (Lipinski definition) is 5. The second kappa shape index (κ2) is 8.24. The molecule has 0 bridgehead atoms. The minimum absolute atomic E-state index is 0.0161. The lowest BCUT2D eigenvalue weighted by Crippen LogP contribution is -2.48. The minimum atomic E-state index is -0.259. The molecule has 144 valence electrons. The summed E-state index contributed by atoms with van der Waals surface area (Å²) in [5.41, 5.74) is 1.96. The molecule has 0 aromatic carbocycles. The van der Waals surface area contributed by atoms with Crippen molar-refractivity contribution in [1.82, 2.24) is 20.0 Å². The predicted octanol–water partition coefficient (Wildman–Crippen LogP) is 3.19. The lowest BCUT2D eigenvalue weighted by molar-refractivity contribution is -0.130. The molecule has 0 radical (unpaired) electrons. The lowest BCUT2D eigenvalue weighted by atomic mass is 10.0. The fourth-order valence-electron chi connectivity index (χ4n) is 3.37. The Bertz CT molecular complexity index is 818. The Balaban J connectivity index is 1.53. The largest absolute Gasteiger partial charge is 0.326 e. The molecule has 1 fully saturated rings. The number of aromatic nitrogens is 2. The third-order valence-electron chi connectivity index (χ3n) is 5.14. The fourth-order valence-corrected chi connectivity index (χ4v) is 4.05. The van der Waals surface area contributed by atoms with Crippen molar-refractivity contribution in [3.05, 3.63) is 29.3 Å². The maximum absolute atomic E-state index is 12.4. The van der Waals surface area contributed by atoms with Gasteiger partial charge in [0.25, 0.3) is 0 Å². The van der Waals surface area contributed by atoms with Gasteiger partial charge in [0.1, 0.15) is 11.7 Å². The van der Waals surface area contributed by atoms with Crippen LogP contribution in [0.25, 0.3) is 10.6 Å². The van der Waals surface area contributed by atoms with Crippen molar-refractivity contribution in [2.75, 3.05) is 13.1 Å². The van der Waals surface area contributed by atoms with Gasteiger partial charge in [-0.3, -0.25) is 9.48 Å². The summed E-state index contributed by atoms with van der Waals surface area (Å²) < 4.78 is 2.03. The smallest absolute Gasteiger partial charge is 0.237 e. The number of nitriles is 1. The Labute approximate surface area is 164 Å². The first-order valence-corrected chi connectivity index (χ1v) is 10.3. The van der Waals surface area contributed by atoms with Crippen LogP contribution in [0.2, 0.25) is 0 Å². The molecule has 27 heavy (non-hydrogen) atoms. The van der Waals surface area contributed by atoms with Gasteiger partial charge < -0.3 is 10.2 Å². The van der Waals surface area contributed by atoms with Crippen molar-refractivity contribution in [3.8, 4) is 16.6 Å². The van der Waals surface area contributed by atoms with Crippen molar-refractivity contribution >= 4 is 17.2 Å². The van der Waals surface area contributed by atoms with Gasteiger partial charge in [-0.1, -0.05) is 6.07 Å². The van der Waals surface area contributed by atoms with E-state index in [1.54, 1.807) is 16.2 Å². The van der Waals surface area contributed by atoms with Crippen LogP contribution in [-0.2, 0) is 11.3 Å². The van der Waals surface area contributed by atoms with E-state index in [0.717, 1.165) is 37.2 Å². The monoisotopic (exact) mass is 385 g/mol. The average molecular weight is 386 g/mol. The van der Waals surface area contributed by atoms with Gasteiger partial charge in [0, 0.05) is 24.3 Å². The van der Waals surface area contributed by atoms with Crippen molar-refractivity contribution in [2.24, 2.45) is 0 Å². The Hall–Kier alpha value is -2.17. The molecule has 1 amide bonds. The van der Waals surface area contributed by atoms with E-state index in [0.29, 0.717) is 6.54 Å². The minimum Gasteiger partial charge on any atom is -0.326 e. The summed E-state index contributed by atoms with van der Waals surface area (Å²) in [6.07, 6.45) is 2.56. The molecule has 2 aromatic heterocycles. The van der Waals surface area contributed by atoms with Crippen LogP contribution in [0.5, 0.6) is 0 Å². The summed E-state index contributed by atoms with van der Waals surface area (Å²) in [5, 5.41) is 19.3. The molecular formula is C20H27N5OS. The molecule has 6 nitrogen and oxygen atoms in total. The summed E-state index contributed by atoms with van der Waals surface area (Å²) in [4.78, 5) is 15.3. The topological polar surface area (TPSA) is 74.0 Å². The molecule has 1 aliphatic rings. The Morgan fingerprint density at radius 2 is 2.33 bits per heavy atom. The third-order valence-corrected chi connectivity index (χ3v) is 6.04. The number of carbonyl (C=O) groups is 1. The normalized spacial score (nSPS) is 17.3. The van der Waals surface area contributed by atoms with E-state index in [2.05, 4.69) is 49.7 Å². The second-order valence-corrected chi connectivity index (χ2v) is 8.68. The molecule has 7 heteroatoms. The van der Waals surface area contributed by atoms with E-state index in [9.17, 15) is 4.79 Å². The Kier molecular flexibility index (Phi) is 5.98. The molecule has 0 aliphatic carbocycles. The molecule has 3 heterocycles. The van der Waals surface area contributed by atoms with Crippen LogP contribution in [0.3, 0.4) is 0 Å². The first-order valence-electron chi connectivity index (χ1n) is 9.42. The molecule has 0 spiro atoms. The number of aryl methyl sites for hydroxylation is 2. The highest BCUT2D eigenvalue weighted by molar-refractivity contribution is 7.13. The number of nitrogens with one attached hydrogen (secondary N) is 1. The summed E-state index contributed by atoms with van der Waals surface area (Å²) in [6.45, 7) is 8.02. The van der Waals surface area contributed by atoms with Gasteiger partial charge >= 0.3 is 0 Å².